The van der Waals surface area contributed by atoms with Crippen molar-refractivity contribution in [2.75, 3.05) is 7.11 Å². The Morgan fingerprint density at radius 1 is 1.60 bits per heavy atom. The van der Waals surface area contributed by atoms with Crippen LogP contribution in [0.15, 0.2) is 0 Å². The Bertz CT molecular complexity index is 260. The summed E-state index contributed by atoms with van der Waals surface area (Å²) in [6.45, 7) is 4.09. The minimum absolute atomic E-state index is 0.221. The Kier molecular flexibility index (Phi) is 3.89. The van der Waals surface area contributed by atoms with Crippen LogP contribution >= 0.6 is 0 Å². The first kappa shape index (κ1) is 12.2. The van der Waals surface area contributed by atoms with Crippen molar-refractivity contribution in [1.29, 1.82) is 0 Å². The van der Waals surface area contributed by atoms with Gasteiger partial charge in [0.15, 0.2) is 0 Å². The number of carbonyl (C=O) groups excluding carboxylic acids is 2. The average Bonchev–Trinajstić information content (AvgIpc) is 2.23. The van der Waals surface area contributed by atoms with E-state index in [9.17, 15) is 9.59 Å². The number of methoxy groups -OCH3 is 1. The molecule has 0 saturated heterocycles. The second-order valence-electron chi connectivity index (χ2n) is 4.71. The molecule has 1 saturated carbocycles. The summed E-state index contributed by atoms with van der Waals surface area (Å²) in [5.74, 6) is 0.468. The van der Waals surface area contributed by atoms with Gasteiger partial charge >= 0.3 is 5.97 Å². The highest BCUT2D eigenvalue weighted by Gasteiger charge is 2.40. The number of ether oxygens (including phenoxy) is 1. The second kappa shape index (κ2) is 4.77. The lowest BCUT2D eigenvalue weighted by Crippen LogP contribution is -2.38. The zero-order chi connectivity index (χ0) is 11.5. The van der Waals surface area contributed by atoms with Crippen molar-refractivity contribution >= 4 is 11.8 Å². The van der Waals surface area contributed by atoms with Gasteiger partial charge in [-0.25, -0.2) is 0 Å². The van der Waals surface area contributed by atoms with Crippen molar-refractivity contribution in [3.05, 3.63) is 0 Å². The summed E-state index contributed by atoms with van der Waals surface area (Å²) in [5.41, 5.74) is -0.313. The highest BCUT2D eigenvalue weighted by atomic mass is 16.5. The number of hydrogen-bond acceptors (Lipinski definition) is 3. The third-order valence-electron chi connectivity index (χ3n) is 3.84. The van der Waals surface area contributed by atoms with Crippen LogP contribution in [0.2, 0.25) is 0 Å². The monoisotopic (exact) mass is 212 g/mol. The van der Waals surface area contributed by atoms with Gasteiger partial charge in [0.25, 0.3) is 0 Å². The molecule has 0 aromatic carbocycles. The number of hydrogen-bond donors (Lipinski definition) is 0. The smallest absolute Gasteiger partial charge is 0.305 e. The summed E-state index contributed by atoms with van der Waals surface area (Å²) in [6.07, 6.45) is 3.72. The molecule has 3 nitrogen and oxygen atoms in total. The van der Waals surface area contributed by atoms with Crippen molar-refractivity contribution in [3.8, 4) is 0 Å². The van der Waals surface area contributed by atoms with Gasteiger partial charge < -0.3 is 4.74 Å². The minimum atomic E-state index is -0.313. The average molecular weight is 212 g/mol. The Morgan fingerprint density at radius 2 is 2.27 bits per heavy atom. The third-order valence-corrected chi connectivity index (χ3v) is 3.84. The van der Waals surface area contributed by atoms with Gasteiger partial charge in [0, 0.05) is 18.3 Å². The fraction of sp³-hybridized carbons (Fsp3) is 0.833. The van der Waals surface area contributed by atoms with E-state index in [0.717, 1.165) is 12.8 Å². The topological polar surface area (TPSA) is 43.4 Å². The van der Waals surface area contributed by atoms with Crippen molar-refractivity contribution in [2.24, 2.45) is 11.3 Å². The van der Waals surface area contributed by atoms with Gasteiger partial charge in [-0.2, -0.15) is 0 Å². The van der Waals surface area contributed by atoms with Crippen molar-refractivity contribution in [1.82, 2.24) is 0 Å². The Balaban J connectivity index is 2.61. The molecule has 0 aromatic rings. The molecule has 1 fully saturated rings. The predicted molar refractivity (Wildman–Crippen MR) is 57.4 cm³/mol. The molecule has 2 atom stereocenters. The van der Waals surface area contributed by atoms with Gasteiger partial charge in [0.1, 0.15) is 5.78 Å². The molecule has 3 heteroatoms. The maximum atomic E-state index is 11.9. The standard InChI is InChI=1S/C12H20O3/c1-9-5-4-6-10(13)12(9,2)8-7-11(14)15-3/h9H,4-8H2,1-3H3/t9-,12+/m1/s1. The normalized spacial score (nSPS) is 31.4. The number of carbonyl (C=O) groups is 2. The molecular formula is C12H20O3. The first-order chi connectivity index (χ1) is 7.00. The zero-order valence-electron chi connectivity index (χ0n) is 9.84. The molecule has 0 aromatic heterocycles. The van der Waals surface area contributed by atoms with Crippen LogP contribution in [0.4, 0.5) is 0 Å². The molecule has 0 N–H and O–H groups in total. The fourth-order valence-corrected chi connectivity index (χ4v) is 2.30. The molecule has 0 spiro atoms. The quantitative estimate of drug-likeness (QED) is 0.674. The summed E-state index contributed by atoms with van der Waals surface area (Å²) in [7, 11) is 1.39. The van der Waals surface area contributed by atoms with Crippen LogP contribution in [0.25, 0.3) is 0 Å². The zero-order valence-corrected chi connectivity index (χ0v) is 9.84. The Morgan fingerprint density at radius 3 is 2.80 bits per heavy atom. The molecule has 0 bridgehead atoms. The molecular weight excluding hydrogens is 192 g/mol. The van der Waals surface area contributed by atoms with Crippen LogP contribution in [-0.4, -0.2) is 18.9 Å². The van der Waals surface area contributed by atoms with Crippen LogP contribution in [0.3, 0.4) is 0 Å². The molecule has 0 heterocycles. The molecule has 1 aliphatic carbocycles. The van der Waals surface area contributed by atoms with Crippen LogP contribution in [0.1, 0.15) is 46.0 Å². The van der Waals surface area contributed by atoms with Crippen LogP contribution < -0.4 is 0 Å². The lowest BCUT2D eigenvalue weighted by molar-refractivity contribution is -0.143. The molecule has 86 valence electrons. The highest BCUT2D eigenvalue weighted by molar-refractivity contribution is 5.86. The summed E-state index contributed by atoms with van der Waals surface area (Å²) < 4.78 is 4.61. The summed E-state index contributed by atoms with van der Waals surface area (Å²) in [6, 6.07) is 0. The van der Waals surface area contributed by atoms with E-state index in [1.807, 2.05) is 6.92 Å². The Labute approximate surface area is 91.2 Å². The van der Waals surface area contributed by atoms with Crippen LogP contribution in [-0.2, 0) is 14.3 Å². The van der Waals surface area contributed by atoms with E-state index < -0.39 is 0 Å². The largest absolute Gasteiger partial charge is 0.469 e. The summed E-state index contributed by atoms with van der Waals surface area (Å²) >= 11 is 0. The number of Topliss-reactive ketones (excluding diaryl/α,β-unsaturated/α-hetero) is 1. The van der Waals surface area contributed by atoms with Crippen LogP contribution in [0.5, 0.6) is 0 Å². The van der Waals surface area contributed by atoms with Crippen molar-refractivity contribution < 1.29 is 14.3 Å². The van der Waals surface area contributed by atoms with E-state index in [1.165, 1.54) is 7.11 Å². The molecule has 1 rings (SSSR count). The second-order valence-corrected chi connectivity index (χ2v) is 4.71. The minimum Gasteiger partial charge on any atom is -0.469 e. The maximum absolute atomic E-state index is 11.9. The van der Waals surface area contributed by atoms with Crippen molar-refractivity contribution in [3.63, 3.8) is 0 Å². The predicted octanol–water partition coefficient (Wildman–Crippen LogP) is 2.33. The molecule has 1 aliphatic rings. The van der Waals surface area contributed by atoms with Gasteiger partial charge in [-0.15, -0.1) is 0 Å². The lowest BCUT2D eigenvalue weighted by Gasteiger charge is -2.38. The highest BCUT2D eigenvalue weighted by Crippen LogP contribution is 2.41. The van der Waals surface area contributed by atoms with E-state index in [2.05, 4.69) is 11.7 Å². The first-order valence-corrected chi connectivity index (χ1v) is 5.61. The number of esters is 1. The van der Waals surface area contributed by atoms with E-state index in [-0.39, 0.29) is 11.4 Å². The maximum Gasteiger partial charge on any atom is 0.305 e. The van der Waals surface area contributed by atoms with Gasteiger partial charge in [-0.1, -0.05) is 13.8 Å². The molecule has 0 unspecified atom stereocenters. The fourth-order valence-electron chi connectivity index (χ4n) is 2.30. The van der Waals surface area contributed by atoms with Gasteiger partial charge in [0.2, 0.25) is 0 Å². The molecule has 0 aliphatic heterocycles. The van der Waals surface area contributed by atoms with Gasteiger partial charge in [-0.3, -0.25) is 9.59 Å². The van der Waals surface area contributed by atoms with Gasteiger partial charge in [-0.05, 0) is 25.2 Å². The first-order valence-electron chi connectivity index (χ1n) is 5.61. The van der Waals surface area contributed by atoms with E-state index >= 15 is 0 Å². The Hall–Kier alpha value is -0.860. The summed E-state index contributed by atoms with van der Waals surface area (Å²) in [4.78, 5) is 23.0. The molecule has 0 radical (unpaired) electrons. The van der Waals surface area contributed by atoms with Crippen LogP contribution in [0, 0.1) is 11.3 Å². The van der Waals surface area contributed by atoms with Crippen molar-refractivity contribution in [2.45, 2.75) is 46.0 Å². The van der Waals surface area contributed by atoms with E-state index in [1.54, 1.807) is 0 Å². The third kappa shape index (κ3) is 2.58. The van der Waals surface area contributed by atoms with E-state index in [0.29, 0.717) is 31.0 Å². The number of rotatable bonds is 3. The van der Waals surface area contributed by atoms with E-state index in [4.69, 9.17) is 0 Å². The lowest BCUT2D eigenvalue weighted by atomic mass is 9.65. The SMILES string of the molecule is COC(=O)CC[C@]1(C)C(=O)CCC[C@H]1C. The summed E-state index contributed by atoms with van der Waals surface area (Å²) in [5, 5.41) is 0. The number of ketones is 1. The molecule has 0 amide bonds. The molecule has 15 heavy (non-hydrogen) atoms. The van der Waals surface area contributed by atoms with Gasteiger partial charge in [0.05, 0.1) is 7.11 Å².